The number of hydrogen-bond acceptors (Lipinski definition) is 6. The number of benzene rings is 3. The Labute approximate surface area is 234 Å². The zero-order chi connectivity index (χ0) is 27.2. The van der Waals surface area contributed by atoms with Gasteiger partial charge >= 0.3 is 5.97 Å². The van der Waals surface area contributed by atoms with Crippen molar-refractivity contribution in [3.63, 3.8) is 0 Å². The second-order valence-electron chi connectivity index (χ2n) is 8.07. The number of carboxylic acid groups (broad SMARTS) is 1. The van der Waals surface area contributed by atoms with E-state index in [0.717, 1.165) is 11.1 Å². The van der Waals surface area contributed by atoms with Crippen molar-refractivity contribution in [1.82, 2.24) is 4.90 Å². The normalized spacial score (nSPS) is 15.4. The first-order valence-electron chi connectivity index (χ1n) is 11.8. The maximum atomic E-state index is 13.1. The van der Waals surface area contributed by atoms with Crippen LogP contribution in [0.5, 0.6) is 11.5 Å². The molecule has 0 radical (unpaired) electrons. The van der Waals surface area contributed by atoms with E-state index < -0.39 is 5.97 Å². The fourth-order valence-corrected chi connectivity index (χ4v) is 5.16. The number of ether oxygens (including phenoxy) is 2. The molecule has 10 heteroatoms. The molecule has 1 amide bonds. The van der Waals surface area contributed by atoms with E-state index in [1.807, 2.05) is 32.0 Å². The van der Waals surface area contributed by atoms with Crippen molar-refractivity contribution in [3.05, 3.63) is 92.3 Å². The molecule has 0 aliphatic carbocycles. The molecular weight excluding hydrogens is 547 g/mol. The Hall–Kier alpha value is -3.46. The summed E-state index contributed by atoms with van der Waals surface area (Å²) in [5.74, 6) is -0.138. The number of hydrogen-bond donors (Lipinski definition) is 1. The lowest BCUT2D eigenvalue weighted by Crippen LogP contribution is -2.28. The third-order valence-electron chi connectivity index (χ3n) is 5.49. The number of carboxylic acids is 1. The molecule has 0 saturated carbocycles. The fourth-order valence-electron chi connectivity index (χ4n) is 3.64. The van der Waals surface area contributed by atoms with Crippen molar-refractivity contribution >= 4 is 63.8 Å². The fraction of sp³-hybridized carbons (Fsp3) is 0.179. The lowest BCUT2D eigenvalue weighted by atomic mass is 10.1. The summed E-state index contributed by atoms with van der Waals surface area (Å²) < 4.78 is 11.8. The van der Waals surface area contributed by atoms with Crippen LogP contribution in [0.3, 0.4) is 0 Å². The molecule has 1 saturated heterocycles. The smallest absolute Gasteiger partial charge is 0.335 e. The van der Waals surface area contributed by atoms with Gasteiger partial charge in [0.15, 0.2) is 16.7 Å². The van der Waals surface area contributed by atoms with Gasteiger partial charge < -0.3 is 14.6 Å². The predicted molar refractivity (Wildman–Crippen MR) is 152 cm³/mol. The predicted octanol–water partition coefficient (Wildman–Crippen LogP) is 7.29. The number of rotatable bonds is 9. The second-order valence-corrected chi connectivity index (χ2v) is 9.93. The van der Waals surface area contributed by atoms with Gasteiger partial charge in [-0.25, -0.2) is 9.79 Å². The Morgan fingerprint density at radius 1 is 1.05 bits per heavy atom. The Bertz CT molecular complexity index is 1440. The van der Waals surface area contributed by atoms with Gasteiger partial charge in [0.25, 0.3) is 5.91 Å². The topological polar surface area (TPSA) is 88.4 Å². The van der Waals surface area contributed by atoms with E-state index in [1.54, 1.807) is 41.3 Å². The van der Waals surface area contributed by atoms with Crippen LogP contribution in [-0.2, 0) is 11.4 Å². The van der Waals surface area contributed by atoms with Crippen LogP contribution in [0, 0.1) is 0 Å². The van der Waals surface area contributed by atoms with Gasteiger partial charge in [0.2, 0.25) is 0 Å². The van der Waals surface area contributed by atoms with E-state index in [0.29, 0.717) is 50.5 Å². The minimum absolute atomic E-state index is 0.129. The van der Waals surface area contributed by atoms with Crippen LogP contribution in [-0.4, -0.2) is 40.2 Å². The molecular formula is C28H24Cl2N2O5S. The molecule has 0 unspecified atom stereocenters. The summed E-state index contributed by atoms with van der Waals surface area (Å²) in [6.45, 7) is 4.82. The summed E-state index contributed by atoms with van der Waals surface area (Å²) in [5, 5.41) is 10.8. The lowest BCUT2D eigenvalue weighted by Gasteiger charge is -2.13. The molecule has 1 aliphatic heterocycles. The van der Waals surface area contributed by atoms with Crippen LogP contribution in [0.4, 0.5) is 5.69 Å². The quantitative estimate of drug-likeness (QED) is 0.271. The van der Waals surface area contributed by atoms with Gasteiger partial charge in [0.1, 0.15) is 6.61 Å². The molecule has 3 aromatic rings. The first kappa shape index (κ1) is 27.6. The zero-order valence-electron chi connectivity index (χ0n) is 20.6. The largest absolute Gasteiger partial charge is 0.490 e. The molecule has 0 spiro atoms. The second kappa shape index (κ2) is 12.4. The number of carbonyl (C=O) groups is 2. The minimum atomic E-state index is -1.04. The van der Waals surface area contributed by atoms with Gasteiger partial charge in [-0.1, -0.05) is 41.4 Å². The van der Waals surface area contributed by atoms with E-state index in [1.165, 1.54) is 23.9 Å². The molecule has 7 nitrogen and oxygen atoms in total. The summed E-state index contributed by atoms with van der Waals surface area (Å²) in [4.78, 5) is 31.0. The molecule has 3 aromatic carbocycles. The maximum Gasteiger partial charge on any atom is 0.335 e. The highest BCUT2D eigenvalue weighted by atomic mass is 35.5. The van der Waals surface area contributed by atoms with Gasteiger partial charge in [-0.05, 0) is 79.7 Å². The van der Waals surface area contributed by atoms with Crippen LogP contribution in [0.15, 0.2) is 70.6 Å². The summed E-state index contributed by atoms with van der Waals surface area (Å²) in [6.07, 6.45) is 1.77. The lowest BCUT2D eigenvalue weighted by molar-refractivity contribution is -0.122. The van der Waals surface area contributed by atoms with Gasteiger partial charge in [-0.2, -0.15) is 0 Å². The number of amidine groups is 1. The first-order valence-corrected chi connectivity index (χ1v) is 13.3. The molecule has 1 N–H and O–H groups in total. The molecule has 4 rings (SSSR count). The van der Waals surface area contributed by atoms with E-state index in [-0.39, 0.29) is 18.1 Å². The maximum absolute atomic E-state index is 13.1. The Balaban J connectivity index is 1.57. The zero-order valence-corrected chi connectivity index (χ0v) is 22.9. The van der Waals surface area contributed by atoms with Gasteiger partial charge in [-0.3, -0.25) is 9.69 Å². The van der Waals surface area contributed by atoms with Crippen molar-refractivity contribution < 1.29 is 24.2 Å². The number of likely N-dealkylation sites (N-methyl/N-ethyl adjacent to an activating group) is 1. The number of thioether (sulfide) groups is 1. The van der Waals surface area contributed by atoms with Crippen molar-refractivity contribution in [3.8, 4) is 11.5 Å². The van der Waals surface area contributed by atoms with Crippen molar-refractivity contribution in [2.75, 3.05) is 13.2 Å². The molecule has 0 bridgehead atoms. The Morgan fingerprint density at radius 2 is 1.87 bits per heavy atom. The summed E-state index contributed by atoms with van der Waals surface area (Å²) in [7, 11) is 0. The van der Waals surface area contributed by atoms with Crippen LogP contribution in [0.2, 0.25) is 10.0 Å². The summed E-state index contributed by atoms with van der Waals surface area (Å²) in [5.41, 5.74) is 2.13. The van der Waals surface area contributed by atoms with Crippen molar-refractivity contribution in [2.45, 2.75) is 20.5 Å². The van der Waals surface area contributed by atoms with Crippen LogP contribution >= 0.6 is 35.0 Å². The molecule has 196 valence electrons. The van der Waals surface area contributed by atoms with Gasteiger partial charge in [-0.15, -0.1) is 0 Å². The number of nitrogens with zero attached hydrogens (tertiary/aromatic N) is 2. The average molecular weight is 571 g/mol. The standard InChI is InChI=1S/C28H24Cl2N2O5S/c1-3-32-26(33)25(38-28(32)31-21-7-5-6-18(14-21)27(34)35)13-17-8-11-23(24(12-17)36-4-2)37-16-19-9-10-20(29)15-22(19)30/h5-15H,3-4,16H2,1-2H3,(H,34,35)/b25-13-,31-28?. The molecule has 0 aromatic heterocycles. The Kier molecular flexibility index (Phi) is 8.99. The van der Waals surface area contributed by atoms with E-state index in [2.05, 4.69) is 4.99 Å². The molecule has 38 heavy (non-hydrogen) atoms. The van der Waals surface area contributed by atoms with E-state index >= 15 is 0 Å². The third kappa shape index (κ3) is 6.51. The van der Waals surface area contributed by atoms with Crippen molar-refractivity contribution in [1.29, 1.82) is 0 Å². The van der Waals surface area contributed by atoms with Gasteiger partial charge in [0, 0.05) is 22.2 Å². The highest BCUT2D eigenvalue weighted by Gasteiger charge is 2.32. The molecule has 1 heterocycles. The number of carbonyl (C=O) groups excluding carboxylic acids is 1. The summed E-state index contributed by atoms with van der Waals surface area (Å²) in [6, 6.07) is 16.9. The van der Waals surface area contributed by atoms with E-state index in [9.17, 15) is 14.7 Å². The Morgan fingerprint density at radius 3 is 2.58 bits per heavy atom. The highest BCUT2D eigenvalue weighted by molar-refractivity contribution is 8.18. The SMILES string of the molecule is CCOc1cc(/C=C2\SC(=Nc3cccc(C(=O)O)c3)N(CC)C2=O)ccc1OCc1ccc(Cl)cc1Cl. The number of halogens is 2. The van der Waals surface area contributed by atoms with Crippen LogP contribution < -0.4 is 9.47 Å². The number of aromatic carboxylic acids is 1. The minimum Gasteiger partial charge on any atom is -0.490 e. The first-order chi connectivity index (χ1) is 18.3. The number of amides is 1. The summed E-state index contributed by atoms with van der Waals surface area (Å²) >= 11 is 13.5. The average Bonchev–Trinajstić information content (AvgIpc) is 3.18. The molecule has 1 fully saturated rings. The third-order valence-corrected chi connectivity index (χ3v) is 7.08. The van der Waals surface area contributed by atoms with E-state index in [4.69, 9.17) is 32.7 Å². The molecule has 0 atom stereocenters. The monoisotopic (exact) mass is 570 g/mol. The van der Waals surface area contributed by atoms with Gasteiger partial charge in [0.05, 0.1) is 22.8 Å². The van der Waals surface area contributed by atoms with Crippen LogP contribution in [0.1, 0.15) is 35.3 Å². The number of aliphatic imine (C=N–C) groups is 1. The van der Waals surface area contributed by atoms with Crippen molar-refractivity contribution in [2.24, 2.45) is 4.99 Å². The molecule has 1 aliphatic rings. The highest BCUT2D eigenvalue weighted by Crippen LogP contribution is 2.36. The van der Waals surface area contributed by atoms with Crippen LogP contribution in [0.25, 0.3) is 6.08 Å².